The lowest BCUT2D eigenvalue weighted by molar-refractivity contribution is -0.118. The summed E-state index contributed by atoms with van der Waals surface area (Å²) in [6.45, 7) is 6.55. The third-order valence-corrected chi connectivity index (χ3v) is 3.13. The third kappa shape index (κ3) is 11.7. The van der Waals surface area contributed by atoms with Gasteiger partial charge in [-0.3, -0.25) is 4.79 Å². The van der Waals surface area contributed by atoms with Crippen LogP contribution in [0.2, 0.25) is 0 Å². The quantitative estimate of drug-likeness (QED) is 0.446. The van der Waals surface area contributed by atoms with Crippen molar-refractivity contribution in [2.45, 2.75) is 85.0 Å². The first-order valence-electron chi connectivity index (χ1n) is 7.18. The highest BCUT2D eigenvalue weighted by atomic mass is 16.1. The van der Waals surface area contributed by atoms with Crippen LogP contribution in [0.5, 0.6) is 0 Å². The van der Waals surface area contributed by atoms with E-state index in [0.29, 0.717) is 5.78 Å². The summed E-state index contributed by atoms with van der Waals surface area (Å²) in [5, 5.41) is 0. The fourth-order valence-corrected chi connectivity index (χ4v) is 1.94. The monoisotopic (exact) mass is 226 g/mol. The number of unbranched alkanes of at least 4 members (excludes halogenated alkanes) is 6. The van der Waals surface area contributed by atoms with E-state index in [2.05, 4.69) is 13.8 Å². The van der Waals surface area contributed by atoms with Crippen LogP contribution in [0.1, 0.15) is 85.0 Å². The maximum Gasteiger partial charge on any atom is 0.132 e. The number of hydrogen-bond donors (Lipinski definition) is 0. The smallest absolute Gasteiger partial charge is 0.132 e. The molecule has 0 radical (unpaired) electrons. The van der Waals surface area contributed by atoms with E-state index in [1.54, 1.807) is 0 Å². The van der Waals surface area contributed by atoms with Crippen LogP contribution >= 0.6 is 0 Å². The first-order chi connectivity index (χ1) is 7.66. The molecule has 96 valence electrons. The molecule has 0 aromatic carbocycles. The van der Waals surface area contributed by atoms with Gasteiger partial charge in [0, 0.05) is 12.8 Å². The third-order valence-electron chi connectivity index (χ3n) is 3.13. The van der Waals surface area contributed by atoms with Gasteiger partial charge in [0.25, 0.3) is 0 Å². The summed E-state index contributed by atoms with van der Waals surface area (Å²) in [6, 6.07) is 0. The molecule has 0 rings (SSSR count). The highest BCUT2D eigenvalue weighted by Crippen LogP contribution is 2.12. The van der Waals surface area contributed by atoms with Crippen molar-refractivity contribution in [2.75, 3.05) is 0 Å². The van der Waals surface area contributed by atoms with E-state index < -0.39 is 0 Å². The standard InChI is InChI=1S/C15H30O/c1-4-15(16)13-11-9-7-5-6-8-10-12-14(2)3/h14H,4-13H2,1-3H3. The van der Waals surface area contributed by atoms with E-state index in [4.69, 9.17) is 0 Å². The molecule has 0 fully saturated rings. The van der Waals surface area contributed by atoms with E-state index in [1.807, 2.05) is 6.92 Å². The summed E-state index contributed by atoms with van der Waals surface area (Å²) in [5.74, 6) is 1.29. The fraction of sp³-hybridized carbons (Fsp3) is 0.933. The Morgan fingerprint density at radius 3 is 1.88 bits per heavy atom. The Morgan fingerprint density at radius 2 is 1.38 bits per heavy atom. The average molecular weight is 226 g/mol. The lowest BCUT2D eigenvalue weighted by Gasteiger charge is -2.04. The van der Waals surface area contributed by atoms with E-state index in [0.717, 1.165) is 25.2 Å². The number of rotatable bonds is 11. The molecule has 0 N–H and O–H groups in total. The van der Waals surface area contributed by atoms with Crippen LogP contribution in [0.3, 0.4) is 0 Å². The number of hydrogen-bond acceptors (Lipinski definition) is 1. The minimum atomic E-state index is 0.428. The molecule has 0 saturated heterocycles. The van der Waals surface area contributed by atoms with Crippen LogP contribution in [-0.4, -0.2) is 5.78 Å². The topological polar surface area (TPSA) is 17.1 Å². The van der Waals surface area contributed by atoms with Crippen molar-refractivity contribution >= 4 is 5.78 Å². The van der Waals surface area contributed by atoms with Crippen molar-refractivity contribution in [1.29, 1.82) is 0 Å². The van der Waals surface area contributed by atoms with Crippen molar-refractivity contribution in [2.24, 2.45) is 5.92 Å². The van der Waals surface area contributed by atoms with Crippen LogP contribution < -0.4 is 0 Å². The average Bonchev–Trinajstić information content (AvgIpc) is 2.26. The molecule has 1 heteroatoms. The van der Waals surface area contributed by atoms with Crippen LogP contribution in [0.4, 0.5) is 0 Å². The van der Waals surface area contributed by atoms with Gasteiger partial charge in [-0.1, -0.05) is 65.7 Å². The highest BCUT2D eigenvalue weighted by Gasteiger charge is 1.98. The minimum absolute atomic E-state index is 0.428. The summed E-state index contributed by atoms with van der Waals surface area (Å²) >= 11 is 0. The van der Waals surface area contributed by atoms with E-state index in [1.165, 1.54) is 44.9 Å². The van der Waals surface area contributed by atoms with Crippen LogP contribution in [0.25, 0.3) is 0 Å². The molecule has 0 aromatic rings. The van der Waals surface area contributed by atoms with Gasteiger partial charge < -0.3 is 0 Å². The van der Waals surface area contributed by atoms with Crippen molar-refractivity contribution < 1.29 is 4.79 Å². The van der Waals surface area contributed by atoms with Gasteiger partial charge in [-0.2, -0.15) is 0 Å². The molecular formula is C15H30O. The predicted molar refractivity (Wildman–Crippen MR) is 71.7 cm³/mol. The summed E-state index contributed by atoms with van der Waals surface area (Å²) in [6.07, 6.45) is 12.1. The zero-order valence-electron chi connectivity index (χ0n) is 11.6. The van der Waals surface area contributed by atoms with Crippen molar-refractivity contribution in [3.05, 3.63) is 0 Å². The molecule has 0 amide bonds. The maximum absolute atomic E-state index is 11.0. The molecule has 0 unspecified atom stereocenters. The zero-order valence-corrected chi connectivity index (χ0v) is 11.6. The van der Waals surface area contributed by atoms with Gasteiger partial charge in [-0.05, 0) is 12.3 Å². The normalized spacial score (nSPS) is 11.0. The minimum Gasteiger partial charge on any atom is -0.300 e. The summed E-state index contributed by atoms with van der Waals surface area (Å²) in [4.78, 5) is 11.0. The lowest BCUT2D eigenvalue weighted by atomic mass is 10.0. The van der Waals surface area contributed by atoms with Gasteiger partial charge in [-0.25, -0.2) is 0 Å². The maximum atomic E-state index is 11.0. The van der Waals surface area contributed by atoms with Gasteiger partial charge in [0.05, 0.1) is 0 Å². The second-order valence-electron chi connectivity index (χ2n) is 5.30. The Hall–Kier alpha value is -0.330. The highest BCUT2D eigenvalue weighted by molar-refractivity contribution is 5.77. The molecule has 1 nitrogen and oxygen atoms in total. The molecule has 0 saturated carbocycles. The molecule has 0 aliphatic carbocycles. The van der Waals surface area contributed by atoms with Gasteiger partial charge in [0.1, 0.15) is 5.78 Å². The molecule has 16 heavy (non-hydrogen) atoms. The lowest BCUT2D eigenvalue weighted by Crippen LogP contribution is -1.94. The second-order valence-corrected chi connectivity index (χ2v) is 5.30. The molecule has 0 aliphatic rings. The SMILES string of the molecule is CCC(=O)CCCCCCCCCC(C)C. The molecule has 0 bridgehead atoms. The van der Waals surface area contributed by atoms with Gasteiger partial charge in [0.15, 0.2) is 0 Å². The van der Waals surface area contributed by atoms with Crippen molar-refractivity contribution in [3.8, 4) is 0 Å². The van der Waals surface area contributed by atoms with E-state index in [-0.39, 0.29) is 0 Å². The molecule has 0 atom stereocenters. The molecule has 0 aromatic heterocycles. The van der Waals surface area contributed by atoms with E-state index in [9.17, 15) is 4.79 Å². The Morgan fingerprint density at radius 1 is 0.875 bits per heavy atom. The summed E-state index contributed by atoms with van der Waals surface area (Å²) < 4.78 is 0. The van der Waals surface area contributed by atoms with Gasteiger partial charge in [-0.15, -0.1) is 0 Å². The Kier molecular flexibility index (Phi) is 10.9. The molecule has 0 aliphatic heterocycles. The molecular weight excluding hydrogens is 196 g/mol. The summed E-state index contributed by atoms with van der Waals surface area (Å²) in [5.41, 5.74) is 0. The van der Waals surface area contributed by atoms with E-state index >= 15 is 0 Å². The van der Waals surface area contributed by atoms with Crippen molar-refractivity contribution in [1.82, 2.24) is 0 Å². The first-order valence-corrected chi connectivity index (χ1v) is 7.18. The van der Waals surface area contributed by atoms with Crippen LogP contribution in [0, 0.1) is 5.92 Å². The number of carbonyl (C=O) groups is 1. The largest absolute Gasteiger partial charge is 0.300 e. The molecule has 0 spiro atoms. The number of ketones is 1. The first kappa shape index (κ1) is 15.7. The Labute approximate surface area is 102 Å². The zero-order chi connectivity index (χ0) is 12.2. The van der Waals surface area contributed by atoms with Crippen molar-refractivity contribution in [3.63, 3.8) is 0 Å². The number of carbonyl (C=O) groups excluding carboxylic acids is 1. The predicted octanol–water partition coefficient (Wildman–Crippen LogP) is 5.13. The van der Waals surface area contributed by atoms with Gasteiger partial charge in [0.2, 0.25) is 0 Å². The molecule has 0 heterocycles. The Balaban J connectivity index is 3.01. The van der Waals surface area contributed by atoms with Gasteiger partial charge >= 0.3 is 0 Å². The van der Waals surface area contributed by atoms with Crippen LogP contribution in [0.15, 0.2) is 0 Å². The Bertz CT molecular complexity index is 161. The fourth-order valence-electron chi connectivity index (χ4n) is 1.94. The van der Waals surface area contributed by atoms with Crippen LogP contribution in [-0.2, 0) is 4.79 Å². The number of Topliss-reactive ketones (excluding diaryl/α,β-unsaturated/α-hetero) is 1. The summed E-state index contributed by atoms with van der Waals surface area (Å²) in [7, 11) is 0. The second kappa shape index (κ2) is 11.2.